The van der Waals surface area contributed by atoms with Crippen LogP contribution in [0.3, 0.4) is 0 Å². The minimum atomic E-state index is -0.475. The van der Waals surface area contributed by atoms with E-state index in [4.69, 9.17) is 4.74 Å². The summed E-state index contributed by atoms with van der Waals surface area (Å²) in [5.74, 6) is 0.0865. The van der Waals surface area contributed by atoms with Gasteiger partial charge in [-0.25, -0.2) is 14.4 Å². The van der Waals surface area contributed by atoms with Crippen molar-refractivity contribution >= 4 is 16.6 Å². The van der Waals surface area contributed by atoms with Gasteiger partial charge in [-0.05, 0) is 30.3 Å². The lowest BCUT2D eigenvalue weighted by molar-refractivity contribution is -0.384. The summed E-state index contributed by atoms with van der Waals surface area (Å²) in [7, 11) is 1.53. The Balaban J connectivity index is 2.28. The normalized spacial score (nSPS) is 10.9. The third-order valence-corrected chi connectivity index (χ3v) is 3.33. The number of hydrogen-bond donors (Lipinski definition) is 0. The van der Waals surface area contributed by atoms with Crippen molar-refractivity contribution in [3.8, 4) is 11.3 Å². The summed E-state index contributed by atoms with van der Waals surface area (Å²) in [4.78, 5) is 19.3. The first-order chi connectivity index (χ1) is 11.1. The van der Waals surface area contributed by atoms with E-state index in [-0.39, 0.29) is 18.1 Å². The molecular formula is C16H12FN3O3. The molecule has 1 aromatic heterocycles. The van der Waals surface area contributed by atoms with Crippen molar-refractivity contribution in [2.24, 2.45) is 0 Å². The van der Waals surface area contributed by atoms with Crippen LogP contribution in [-0.4, -0.2) is 22.0 Å². The molecule has 6 nitrogen and oxygen atoms in total. The van der Waals surface area contributed by atoms with E-state index in [2.05, 4.69) is 9.97 Å². The predicted octanol–water partition coefficient (Wildman–Crippen LogP) is 3.49. The summed E-state index contributed by atoms with van der Waals surface area (Å²) >= 11 is 0. The van der Waals surface area contributed by atoms with Gasteiger partial charge in [0.2, 0.25) is 0 Å². The van der Waals surface area contributed by atoms with Crippen LogP contribution in [0.1, 0.15) is 5.82 Å². The van der Waals surface area contributed by atoms with Crippen LogP contribution in [0.2, 0.25) is 0 Å². The molecule has 0 unspecified atom stereocenters. The van der Waals surface area contributed by atoms with E-state index in [1.807, 2.05) is 0 Å². The number of ether oxygens (including phenoxy) is 1. The van der Waals surface area contributed by atoms with E-state index >= 15 is 0 Å². The zero-order valence-electron chi connectivity index (χ0n) is 12.2. The first-order valence-corrected chi connectivity index (χ1v) is 6.78. The highest BCUT2D eigenvalue weighted by Gasteiger charge is 2.14. The van der Waals surface area contributed by atoms with Gasteiger partial charge < -0.3 is 4.74 Å². The lowest BCUT2D eigenvalue weighted by atomic mass is 10.1. The van der Waals surface area contributed by atoms with Gasteiger partial charge in [-0.2, -0.15) is 0 Å². The summed E-state index contributed by atoms with van der Waals surface area (Å²) in [5.41, 5.74) is 1.67. The highest BCUT2D eigenvalue weighted by Crippen LogP contribution is 2.29. The number of hydrogen-bond acceptors (Lipinski definition) is 5. The molecule has 0 saturated carbocycles. The second-order valence-corrected chi connectivity index (χ2v) is 4.89. The zero-order chi connectivity index (χ0) is 16.4. The summed E-state index contributed by atoms with van der Waals surface area (Å²) in [5, 5.41) is 11.5. The molecular weight excluding hydrogens is 301 g/mol. The minimum Gasteiger partial charge on any atom is -0.377 e. The van der Waals surface area contributed by atoms with E-state index < -0.39 is 4.92 Å². The van der Waals surface area contributed by atoms with Crippen molar-refractivity contribution in [1.82, 2.24) is 9.97 Å². The maximum Gasteiger partial charge on any atom is 0.270 e. The molecule has 0 aliphatic heterocycles. The van der Waals surface area contributed by atoms with Crippen molar-refractivity contribution < 1.29 is 14.1 Å². The maximum absolute atomic E-state index is 13.1. The quantitative estimate of drug-likeness (QED) is 0.544. The third-order valence-electron chi connectivity index (χ3n) is 3.33. The molecule has 0 amide bonds. The molecule has 1 heterocycles. The molecule has 0 fully saturated rings. The summed E-state index contributed by atoms with van der Waals surface area (Å²) in [6.07, 6.45) is 0. The van der Waals surface area contributed by atoms with Gasteiger partial charge >= 0.3 is 0 Å². The van der Waals surface area contributed by atoms with E-state index in [0.717, 1.165) is 0 Å². The minimum absolute atomic E-state index is 0.0519. The summed E-state index contributed by atoms with van der Waals surface area (Å²) < 4.78 is 18.2. The lowest BCUT2D eigenvalue weighted by Gasteiger charge is -2.08. The number of nitro groups is 1. The second kappa shape index (κ2) is 6.05. The van der Waals surface area contributed by atoms with Crippen LogP contribution in [0.4, 0.5) is 10.1 Å². The Kier molecular flexibility index (Phi) is 3.94. The predicted molar refractivity (Wildman–Crippen MR) is 82.3 cm³/mol. The molecule has 116 valence electrons. The highest BCUT2D eigenvalue weighted by molar-refractivity contribution is 5.93. The Morgan fingerprint density at radius 2 is 1.91 bits per heavy atom. The van der Waals surface area contributed by atoms with Crippen LogP contribution < -0.4 is 0 Å². The Labute approximate surface area is 130 Å². The van der Waals surface area contributed by atoms with Crippen molar-refractivity contribution in [2.75, 3.05) is 7.11 Å². The molecule has 0 radical (unpaired) electrons. The number of fused-ring (bicyclic) bond motifs is 1. The first kappa shape index (κ1) is 15.0. The summed E-state index contributed by atoms with van der Waals surface area (Å²) in [6, 6.07) is 10.2. The molecule has 0 saturated heterocycles. The van der Waals surface area contributed by atoms with Gasteiger partial charge in [0, 0.05) is 30.2 Å². The van der Waals surface area contributed by atoms with Gasteiger partial charge in [0.1, 0.15) is 12.4 Å². The van der Waals surface area contributed by atoms with E-state index in [1.165, 1.54) is 31.4 Å². The number of rotatable bonds is 4. The van der Waals surface area contributed by atoms with Crippen molar-refractivity contribution in [2.45, 2.75) is 6.61 Å². The van der Waals surface area contributed by atoms with Gasteiger partial charge in [-0.3, -0.25) is 10.1 Å². The van der Waals surface area contributed by atoms with Crippen LogP contribution in [0, 0.1) is 15.9 Å². The molecule has 2 aromatic carbocycles. The van der Waals surface area contributed by atoms with Crippen molar-refractivity contribution in [1.29, 1.82) is 0 Å². The topological polar surface area (TPSA) is 78.2 Å². The highest BCUT2D eigenvalue weighted by atomic mass is 19.1. The van der Waals surface area contributed by atoms with Crippen LogP contribution in [0.15, 0.2) is 42.5 Å². The number of aromatic nitrogens is 2. The largest absolute Gasteiger partial charge is 0.377 e. The Morgan fingerprint density at radius 3 is 2.57 bits per heavy atom. The molecule has 23 heavy (non-hydrogen) atoms. The van der Waals surface area contributed by atoms with Gasteiger partial charge in [0.25, 0.3) is 5.69 Å². The maximum atomic E-state index is 13.1. The monoisotopic (exact) mass is 313 g/mol. The fraction of sp³-hybridized carbons (Fsp3) is 0.125. The van der Waals surface area contributed by atoms with E-state index in [9.17, 15) is 14.5 Å². The van der Waals surface area contributed by atoms with Gasteiger partial charge in [0.15, 0.2) is 5.82 Å². The van der Waals surface area contributed by atoms with Crippen LogP contribution in [-0.2, 0) is 11.3 Å². The molecule has 0 spiro atoms. The number of halogens is 1. The first-order valence-electron chi connectivity index (χ1n) is 6.78. The molecule has 0 bridgehead atoms. The SMILES string of the molecule is COCc1nc(-c2ccc(F)cc2)c2cc([N+](=O)[O-])ccc2n1. The zero-order valence-corrected chi connectivity index (χ0v) is 12.2. The smallest absolute Gasteiger partial charge is 0.270 e. The molecule has 0 aliphatic carbocycles. The Bertz CT molecular complexity index is 882. The fourth-order valence-corrected chi connectivity index (χ4v) is 2.30. The third kappa shape index (κ3) is 3.00. The molecule has 0 N–H and O–H groups in total. The molecule has 7 heteroatoms. The number of nitrogens with zero attached hydrogens (tertiary/aromatic N) is 3. The van der Waals surface area contributed by atoms with Gasteiger partial charge in [-0.1, -0.05) is 0 Å². The number of non-ortho nitro benzene ring substituents is 1. The Hall–Kier alpha value is -2.93. The Morgan fingerprint density at radius 1 is 1.17 bits per heavy atom. The van der Waals surface area contributed by atoms with Crippen LogP contribution in [0.5, 0.6) is 0 Å². The van der Waals surface area contributed by atoms with Gasteiger partial charge in [0.05, 0.1) is 16.1 Å². The second-order valence-electron chi connectivity index (χ2n) is 4.89. The van der Waals surface area contributed by atoms with E-state index in [1.54, 1.807) is 18.2 Å². The van der Waals surface area contributed by atoms with Gasteiger partial charge in [-0.15, -0.1) is 0 Å². The van der Waals surface area contributed by atoms with Crippen molar-refractivity contribution in [3.63, 3.8) is 0 Å². The fourth-order valence-electron chi connectivity index (χ4n) is 2.30. The van der Waals surface area contributed by atoms with Crippen molar-refractivity contribution in [3.05, 3.63) is 64.2 Å². The average molecular weight is 313 g/mol. The number of benzene rings is 2. The van der Waals surface area contributed by atoms with E-state index in [0.29, 0.717) is 28.0 Å². The summed E-state index contributed by atoms with van der Waals surface area (Å²) in [6.45, 7) is 0.209. The average Bonchev–Trinajstić information content (AvgIpc) is 2.54. The molecule has 3 rings (SSSR count). The molecule has 3 aromatic rings. The van der Waals surface area contributed by atoms with Crippen LogP contribution in [0.25, 0.3) is 22.2 Å². The molecule has 0 atom stereocenters. The standard InChI is InChI=1S/C16H12FN3O3/c1-23-9-15-18-14-7-6-12(20(21)22)8-13(14)16(19-15)10-2-4-11(17)5-3-10/h2-8H,9H2,1H3. The number of methoxy groups -OCH3 is 1. The number of nitro benzene ring substituents is 1. The molecule has 0 aliphatic rings. The lowest BCUT2D eigenvalue weighted by Crippen LogP contribution is -2.01. The van der Waals surface area contributed by atoms with Crippen LogP contribution >= 0.6 is 0 Å².